The molecule has 35 heavy (non-hydrogen) atoms. The minimum Gasteiger partial charge on any atom is -0.352 e. The van der Waals surface area contributed by atoms with Crippen LogP contribution < -0.4 is 9.62 Å². The minimum absolute atomic E-state index is 0.0375. The highest BCUT2D eigenvalue weighted by Gasteiger charge is 2.31. The van der Waals surface area contributed by atoms with Crippen molar-refractivity contribution in [3.05, 3.63) is 69.2 Å². The number of anilines is 1. The monoisotopic (exact) mass is 524 g/mol. The van der Waals surface area contributed by atoms with Gasteiger partial charge in [-0.05, 0) is 38.0 Å². The summed E-state index contributed by atoms with van der Waals surface area (Å²) in [7, 11) is -4.00. The number of rotatable bonds is 11. The fourth-order valence-electron chi connectivity index (χ4n) is 3.23. The molecule has 0 bridgehead atoms. The maximum Gasteiger partial charge on any atom is 0.271 e. The number of halogens is 1. The Morgan fingerprint density at radius 1 is 1.14 bits per heavy atom. The Labute approximate surface area is 210 Å². The summed E-state index contributed by atoms with van der Waals surface area (Å²) >= 11 is 6.28. The third kappa shape index (κ3) is 7.66. The van der Waals surface area contributed by atoms with Crippen LogP contribution in [0.4, 0.5) is 11.4 Å². The van der Waals surface area contributed by atoms with E-state index in [0.29, 0.717) is 17.0 Å². The van der Waals surface area contributed by atoms with E-state index >= 15 is 0 Å². The molecule has 0 saturated carbocycles. The molecule has 12 heteroatoms. The van der Waals surface area contributed by atoms with Crippen LogP contribution in [0.15, 0.2) is 48.5 Å². The lowest BCUT2D eigenvalue weighted by Crippen LogP contribution is -2.52. The topological polar surface area (TPSA) is 130 Å². The van der Waals surface area contributed by atoms with Gasteiger partial charge >= 0.3 is 0 Å². The van der Waals surface area contributed by atoms with E-state index in [1.807, 2.05) is 13.8 Å². The lowest BCUT2D eigenvalue weighted by Gasteiger charge is -2.32. The lowest BCUT2D eigenvalue weighted by molar-refractivity contribution is -0.384. The zero-order valence-corrected chi connectivity index (χ0v) is 21.5. The van der Waals surface area contributed by atoms with Crippen molar-refractivity contribution in [3.8, 4) is 0 Å². The van der Waals surface area contributed by atoms with E-state index in [4.69, 9.17) is 11.6 Å². The Morgan fingerprint density at radius 2 is 1.80 bits per heavy atom. The smallest absolute Gasteiger partial charge is 0.271 e. The largest absolute Gasteiger partial charge is 0.352 e. The van der Waals surface area contributed by atoms with Gasteiger partial charge in [0.2, 0.25) is 21.8 Å². The van der Waals surface area contributed by atoms with E-state index in [1.54, 1.807) is 31.2 Å². The van der Waals surface area contributed by atoms with Gasteiger partial charge in [0, 0.05) is 29.7 Å². The molecule has 0 radical (unpaired) electrons. The summed E-state index contributed by atoms with van der Waals surface area (Å²) in [6.07, 6.45) is 1.59. The molecule has 1 N–H and O–H groups in total. The van der Waals surface area contributed by atoms with Gasteiger partial charge in [-0.15, -0.1) is 0 Å². The number of amides is 2. The average Bonchev–Trinajstić information content (AvgIpc) is 2.80. The summed E-state index contributed by atoms with van der Waals surface area (Å²) in [5.41, 5.74) is 0.217. The zero-order valence-electron chi connectivity index (χ0n) is 20.0. The van der Waals surface area contributed by atoms with Crippen LogP contribution in [0, 0.1) is 10.1 Å². The molecule has 0 unspecified atom stereocenters. The molecule has 10 nitrogen and oxygen atoms in total. The summed E-state index contributed by atoms with van der Waals surface area (Å²) < 4.78 is 25.9. The number of hydrogen-bond donors (Lipinski definition) is 1. The summed E-state index contributed by atoms with van der Waals surface area (Å²) in [6, 6.07) is 10.7. The van der Waals surface area contributed by atoms with Crippen molar-refractivity contribution in [1.29, 1.82) is 0 Å². The Kier molecular flexibility index (Phi) is 9.61. The van der Waals surface area contributed by atoms with Crippen LogP contribution in [0.5, 0.6) is 0 Å². The molecule has 0 saturated heterocycles. The van der Waals surface area contributed by atoms with Crippen molar-refractivity contribution in [1.82, 2.24) is 10.2 Å². The Balaban J connectivity index is 2.44. The number of benzene rings is 2. The van der Waals surface area contributed by atoms with E-state index in [1.165, 1.54) is 23.1 Å². The molecule has 0 spiro atoms. The van der Waals surface area contributed by atoms with Gasteiger partial charge in [-0.2, -0.15) is 0 Å². The van der Waals surface area contributed by atoms with Gasteiger partial charge in [0.1, 0.15) is 12.6 Å². The number of nitro groups is 1. The predicted molar refractivity (Wildman–Crippen MR) is 135 cm³/mol. The quantitative estimate of drug-likeness (QED) is 0.354. The summed E-state index contributed by atoms with van der Waals surface area (Å²) in [5, 5.41) is 14.4. The Bertz CT molecular complexity index is 1190. The first-order valence-corrected chi connectivity index (χ1v) is 13.1. The highest BCUT2D eigenvalue weighted by atomic mass is 35.5. The van der Waals surface area contributed by atoms with Crippen LogP contribution >= 0.6 is 11.6 Å². The second-order valence-corrected chi connectivity index (χ2v) is 10.5. The van der Waals surface area contributed by atoms with Gasteiger partial charge in [-0.1, -0.05) is 42.8 Å². The predicted octanol–water partition coefficient (Wildman–Crippen LogP) is 3.35. The molecule has 2 aromatic rings. The first-order valence-electron chi connectivity index (χ1n) is 10.9. The minimum atomic E-state index is -4.00. The van der Waals surface area contributed by atoms with E-state index in [0.717, 1.165) is 16.6 Å². The SMILES string of the molecule is CC[C@@H](C)NC(=O)[C@@H](C)N(Cc1ccccc1Cl)C(=O)CN(c1cccc([N+](=O)[O-])c1)S(C)(=O)=O. The summed E-state index contributed by atoms with van der Waals surface area (Å²) in [4.78, 5) is 38.1. The van der Waals surface area contributed by atoms with Crippen molar-refractivity contribution in [3.63, 3.8) is 0 Å². The fraction of sp³-hybridized carbons (Fsp3) is 0.391. The number of nitrogens with zero attached hydrogens (tertiary/aromatic N) is 3. The van der Waals surface area contributed by atoms with Gasteiger partial charge in [-0.3, -0.25) is 24.0 Å². The molecule has 0 aliphatic carbocycles. The summed E-state index contributed by atoms with van der Waals surface area (Å²) in [6.45, 7) is 4.58. The van der Waals surface area contributed by atoms with Crippen LogP contribution in [0.1, 0.15) is 32.8 Å². The van der Waals surface area contributed by atoms with Crippen LogP contribution in [-0.2, 0) is 26.2 Å². The summed E-state index contributed by atoms with van der Waals surface area (Å²) in [5.74, 6) is -1.07. The molecule has 2 rings (SSSR count). The van der Waals surface area contributed by atoms with Crippen LogP contribution in [-0.4, -0.2) is 54.9 Å². The molecule has 2 atom stereocenters. The number of non-ortho nitro benzene ring substituents is 1. The second-order valence-electron chi connectivity index (χ2n) is 8.15. The first-order chi connectivity index (χ1) is 16.3. The van der Waals surface area contributed by atoms with Crippen molar-refractivity contribution < 1.29 is 22.9 Å². The third-order valence-corrected chi connectivity index (χ3v) is 6.98. The molecule has 0 aromatic heterocycles. The molecule has 0 aliphatic rings. The average molecular weight is 525 g/mol. The number of nitro benzene ring substituents is 1. The van der Waals surface area contributed by atoms with E-state index < -0.39 is 39.3 Å². The third-order valence-electron chi connectivity index (χ3n) is 5.47. The number of carbonyl (C=O) groups is 2. The molecule has 190 valence electrons. The van der Waals surface area contributed by atoms with Crippen molar-refractivity contribution in [2.75, 3.05) is 17.1 Å². The van der Waals surface area contributed by atoms with Crippen LogP contribution in [0.2, 0.25) is 5.02 Å². The van der Waals surface area contributed by atoms with E-state index in [2.05, 4.69) is 5.32 Å². The molecule has 0 heterocycles. The fourth-order valence-corrected chi connectivity index (χ4v) is 4.27. The lowest BCUT2D eigenvalue weighted by atomic mass is 10.1. The zero-order chi connectivity index (χ0) is 26.3. The number of hydrogen-bond acceptors (Lipinski definition) is 6. The number of sulfonamides is 1. The molecular weight excluding hydrogens is 496 g/mol. The van der Waals surface area contributed by atoms with Crippen molar-refractivity contribution in [2.45, 2.75) is 45.8 Å². The normalized spacial score (nSPS) is 12.9. The number of nitrogens with one attached hydrogen (secondary N) is 1. The maximum atomic E-state index is 13.5. The van der Waals surface area contributed by atoms with Crippen molar-refractivity contribution in [2.24, 2.45) is 0 Å². The highest BCUT2D eigenvalue weighted by Crippen LogP contribution is 2.24. The van der Waals surface area contributed by atoms with Gasteiger partial charge in [0.05, 0.1) is 16.9 Å². The van der Waals surface area contributed by atoms with Gasteiger partial charge < -0.3 is 10.2 Å². The van der Waals surface area contributed by atoms with E-state index in [-0.39, 0.29) is 24.0 Å². The maximum absolute atomic E-state index is 13.5. The molecule has 2 amide bonds. The highest BCUT2D eigenvalue weighted by molar-refractivity contribution is 7.92. The van der Waals surface area contributed by atoms with Crippen molar-refractivity contribution >= 4 is 44.8 Å². The Hall–Kier alpha value is -3.18. The van der Waals surface area contributed by atoms with Gasteiger partial charge in [-0.25, -0.2) is 8.42 Å². The molecule has 0 aliphatic heterocycles. The van der Waals surface area contributed by atoms with E-state index in [9.17, 15) is 28.1 Å². The van der Waals surface area contributed by atoms with Gasteiger partial charge in [0.25, 0.3) is 5.69 Å². The Morgan fingerprint density at radius 3 is 2.37 bits per heavy atom. The second kappa shape index (κ2) is 12.0. The first kappa shape index (κ1) is 28.1. The van der Waals surface area contributed by atoms with Crippen LogP contribution in [0.25, 0.3) is 0 Å². The molecule has 2 aromatic carbocycles. The van der Waals surface area contributed by atoms with Gasteiger partial charge in [0.15, 0.2) is 0 Å². The van der Waals surface area contributed by atoms with Crippen LogP contribution in [0.3, 0.4) is 0 Å². The molecule has 0 fully saturated rings. The molecular formula is C23H29ClN4O6S. The number of carbonyl (C=O) groups excluding carboxylic acids is 2. The standard InChI is InChI=1S/C23H29ClN4O6S/c1-5-16(2)25-23(30)17(3)26(14-18-9-6-7-12-21(18)24)22(29)15-27(35(4,33)34)19-10-8-11-20(13-19)28(31)32/h6-13,16-17H,5,14-15H2,1-4H3,(H,25,30)/t16-,17-/m1/s1.